The first kappa shape index (κ1) is 17.9. The lowest BCUT2D eigenvalue weighted by Gasteiger charge is -2.07. The topological polar surface area (TPSA) is 91.6 Å². The van der Waals surface area contributed by atoms with E-state index in [4.69, 9.17) is 10.7 Å². The lowest BCUT2D eigenvalue weighted by molar-refractivity contribution is -0.118. The highest BCUT2D eigenvalue weighted by atomic mass is 16.1. The Balaban J connectivity index is 1.75. The van der Waals surface area contributed by atoms with Crippen LogP contribution in [0.2, 0.25) is 0 Å². The molecule has 0 bridgehead atoms. The van der Waals surface area contributed by atoms with Crippen LogP contribution in [0.3, 0.4) is 0 Å². The van der Waals surface area contributed by atoms with Crippen molar-refractivity contribution in [3.05, 3.63) is 54.4 Å². The van der Waals surface area contributed by atoms with Gasteiger partial charge in [0, 0.05) is 37.3 Å². The van der Waals surface area contributed by atoms with Crippen molar-refractivity contribution < 1.29 is 4.79 Å². The number of carbonyl (C=O) groups is 1. The van der Waals surface area contributed by atoms with Crippen molar-refractivity contribution in [2.45, 2.75) is 26.3 Å². The number of rotatable bonds is 6. The van der Waals surface area contributed by atoms with Crippen molar-refractivity contribution in [2.75, 3.05) is 0 Å². The van der Waals surface area contributed by atoms with Crippen LogP contribution in [0, 0.1) is 6.92 Å². The summed E-state index contributed by atoms with van der Waals surface area (Å²) in [5.74, 6) is -0.293. The number of primary amides is 1. The molecule has 3 heterocycles. The maximum Gasteiger partial charge on any atom is 0.217 e. The molecule has 0 saturated carbocycles. The lowest BCUT2D eigenvalue weighted by Crippen LogP contribution is -2.12. The standard InChI is InChI=1S/C21H22N6O/c1-14-11-17(16-13-26(2)25-20(16)15-7-4-3-5-8-15)24-18-12-23-27(21(14)18)10-6-9-19(22)28/h3-5,7-8,11-13H,6,9-10H2,1-2H3,(H2,22,28). The van der Waals surface area contributed by atoms with E-state index >= 15 is 0 Å². The van der Waals surface area contributed by atoms with Gasteiger partial charge in [0.2, 0.25) is 5.91 Å². The third-order valence-electron chi connectivity index (χ3n) is 4.73. The van der Waals surface area contributed by atoms with Crippen molar-refractivity contribution in [1.82, 2.24) is 24.5 Å². The first-order valence-corrected chi connectivity index (χ1v) is 9.24. The second-order valence-corrected chi connectivity index (χ2v) is 6.93. The molecule has 0 aliphatic heterocycles. The molecule has 0 atom stereocenters. The van der Waals surface area contributed by atoms with Gasteiger partial charge in [-0.05, 0) is 25.0 Å². The molecule has 0 unspecified atom stereocenters. The number of benzene rings is 1. The van der Waals surface area contributed by atoms with Crippen LogP contribution in [0.5, 0.6) is 0 Å². The Labute approximate surface area is 162 Å². The third-order valence-corrected chi connectivity index (χ3v) is 4.73. The van der Waals surface area contributed by atoms with Gasteiger partial charge in [-0.2, -0.15) is 10.2 Å². The number of hydrogen-bond donors (Lipinski definition) is 1. The monoisotopic (exact) mass is 374 g/mol. The largest absolute Gasteiger partial charge is 0.370 e. The molecular formula is C21H22N6O. The molecule has 1 amide bonds. The van der Waals surface area contributed by atoms with Gasteiger partial charge in [0.25, 0.3) is 0 Å². The Bertz CT molecular complexity index is 1140. The number of pyridine rings is 1. The summed E-state index contributed by atoms with van der Waals surface area (Å²) in [6, 6.07) is 12.2. The van der Waals surface area contributed by atoms with Crippen molar-refractivity contribution in [2.24, 2.45) is 12.8 Å². The molecule has 0 fully saturated rings. The molecule has 142 valence electrons. The molecule has 4 aromatic rings. The summed E-state index contributed by atoms with van der Waals surface area (Å²) in [6.45, 7) is 2.69. The Hall–Kier alpha value is -3.48. The van der Waals surface area contributed by atoms with Crippen LogP contribution < -0.4 is 5.73 Å². The Morgan fingerprint density at radius 3 is 2.75 bits per heavy atom. The van der Waals surface area contributed by atoms with Crippen LogP contribution in [-0.2, 0) is 18.4 Å². The van der Waals surface area contributed by atoms with Crippen LogP contribution in [0.1, 0.15) is 18.4 Å². The zero-order valence-corrected chi connectivity index (χ0v) is 16.0. The molecule has 0 saturated heterocycles. The van der Waals surface area contributed by atoms with Gasteiger partial charge in [0.05, 0.1) is 17.4 Å². The minimum atomic E-state index is -0.293. The number of amides is 1. The second kappa shape index (κ2) is 7.26. The molecule has 28 heavy (non-hydrogen) atoms. The molecule has 7 nitrogen and oxygen atoms in total. The SMILES string of the molecule is Cc1cc(-c2cn(C)nc2-c2ccccc2)nc2cnn(CCCC(N)=O)c12. The van der Waals surface area contributed by atoms with Gasteiger partial charge in [0.15, 0.2) is 0 Å². The average Bonchev–Trinajstić information content (AvgIpc) is 3.26. The summed E-state index contributed by atoms with van der Waals surface area (Å²) in [5, 5.41) is 9.10. The van der Waals surface area contributed by atoms with Gasteiger partial charge >= 0.3 is 0 Å². The van der Waals surface area contributed by atoms with E-state index in [2.05, 4.69) is 23.2 Å². The van der Waals surface area contributed by atoms with Gasteiger partial charge in [0.1, 0.15) is 11.2 Å². The second-order valence-electron chi connectivity index (χ2n) is 6.93. The van der Waals surface area contributed by atoms with Crippen molar-refractivity contribution in [3.63, 3.8) is 0 Å². The van der Waals surface area contributed by atoms with E-state index in [-0.39, 0.29) is 5.91 Å². The van der Waals surface area contributed by atoms with Crippen molar-refractivity contribution >= 4 is 16.9 Å². The summed E-state index contributed by atoms with van der Waals surface area (Å²) in [6.07, 6.45) is 4.78. The number of carbonyl (C=O) groups excluding carboxylic acids is 1. The van der Waals surface area contributed by atoms with Crippen LogP contribution in [0.25, 0.3) is 33.5 Å². The Kier molecular flexibility index (Phi) is 4.65. The van der Waals surface area contributed by atoms with Gasteiger partial charge < -0.3 is 5.73 Å². The summed E-state index contributed by atoms with van der Waals surface area (Å²) in [4.78, 5) is 15.8. The van der Waals surface area contributed by atoms with E-state index in [1.54, 1.807) is 6.20 Å². The lowest BCUT2D eigenvalue weighted by atomic mass is 10.0. The number of fused-ring (bicyclic) bond motifs is 1. The number of aromatic nitrogens is 5. The predicted molar refractivity (Wildman–Crippen MR) is 108 cm³/mol. The zero-order valence-electron chi connectivity index (χ0n) is 16.0. The highest BCUT2D eigenvalue weighted by Gasteiger charge is 2.16. The quantitative estimate of drug-likeness (QED) is 0.561. The first-order chi connectivity index (χ1) is 13.5. The van der Waals surface area contributed by atoms with E-state index in [0.717, 1.165) is 39.1 Å². The van der Waals surface area contributed by atoms with Crippen LogP contribution in [0.15, 0.2) is 48.8 Å². The summed E-state index contributed by atoms with van der Waals surface area (Å²) in [5.41, 5.74) is 11.9. The number of hydrogen-bond acceptors (Lipinski definition) is 4. The number of aryl methyl sites for hydroxylation is 3. The molecule has 0 aliphatic carbocycles. The molecule has 4 rings (SSSR count). The maximum absolute atomic E-state index is 11.0. The van der Waals surface area contributed by atoms with E-state index in [1.165, 1.54) is 0 Å². The van der Waals surface area contributed by atoms with Gasteiger partial charge in [-0.3, -0.25) is 14.2 Å². The van der Waals surface area contributed by atoms with E-state index < -0.39 is 0 Å². The summed E-state index contributed by atoms with van der Waals surface area (Å²) >= 11 is 0. The fourth-order valence-corrected chi connectivity index (χ4v) is 3.49. The van der Waals surface area contributed by atoms with Crippen molar-refractivity contribution in [1.29, 1.82) is 0 Å². The first-order valence-electron chi connectivity index (χ1n) is 9.24. The van der Waals surface area contributed by atoms with E-state index in [1.807, 2.05) is 52.9 Å². The molecular weight excluding hydrogens is 352 g/mol. The molecule has 0 aliphatic rings. The Morgan fingerprint density at radius 1 is 1.21 bits per heavy atom. The molecule has 0 radical (unpaired) electrons. The van der Waals surface area contributed by atoms with Gasteiger partial charge in [-0.15, -0.1) is 0 Å². The van der Waals surface area contributed by atoms with Crippen molar-refractivity contribution in [3.8, 4) is 22.5 Å². The molecule has 2 N–H and O–H groups in total. The minimum absolute atomic E-state index is 0.293. The molecule has 3 aromatic heterocycles. The smallest absolute Gasteiger partial charge is 0.217 e. The number of nitrogens with two attached hydrogens (primary N) is 1. The Morgan fingerprint density at radius 2 is 2.00 bits per heavy atom. The minimum Gasteiger partial charge on any atom is -0.370 e. The molecule has 7 heteroatoms. The van der Waals surface area contributed by atoms with Gasteiger partial charge in [-0.1, -0.05) is 30.3 Å². The predicted octanol–water partition coefficient (Wildman–Crippen LogP) is 3.07. The van der Waals surface area contributed by atoms with Crippen LogP contribution in [-0.4, -0.2) is 30.5 Å². The van der Waals surface area contributed by atoms with E-state index in [0.29, 0.717) is 19.4 Å². The molecule has 0 spiro atoms. The normalized spacial score (nSPS) is 11.2. The highest BCUT2D eigenvalue weighted by Crippen LogP contribution is 2.32. The van der Waals surface area contributed by atoms with Crippen LogP contribution in [0.4, 0.5) is 0 Å². The number of nitrogens with zero attached hydrogens (tertiary/aromatic N) is 5. The fraction of sp³-hybridized carbons (Fsp3) is 0.238. The highest BCUT2D eigenvalue weighted by molar-refractivity contribution is 5.85. The fourth-order valence-electron chi connectivity index (χ4n) is 3.49. The summed E-state index contributed by atoms with van der Waals surface area (Å²) in [7, 11) is 1.91. The zero-order chi connectivity index (χ0) is 19.7. The average molecular weight is 374 g/mol. The van der Waals surface area contributed by atoms with Crippen LogP contribution >= 0.6 is 0 Å². The maximum atomic E-state index is 11.0. The van der Waals surface area contributed by atoms with E-state index in [9.17, 15) is 4.79 Å². The summed E-state index contributed by atoms with van der Waals surface area (Å²) < 4.78 is 3.71. The third kappa shape index (κ3) is 3.38. The van der Waals surface area contributed by atoms with Gasteiger partial charge in [-0.25, -0.2) is 4.98 Å². The molecule has 1 aromatic carbocycles.